The van der Waals surface area contributed by atoms with E-state index < -0.39 is 0 Å². The highest BCUT2D eigenvalue weighted by atomic mass is 35.5. The number of pyridine rings is 1. The molecule has 14 heavy (non-hydrogen) atoms. The van der Waals surface area contributed by atoms with Gasteiger partial charge in [0.15, 0.2) is 5.15 Å². The van der Waals surface area contributed by atoms with Crippen molar-refractivity contribution < 1.29 is 0 Å². The van der Waals surface area contributed by atoms with E-state index in [4.69, 9.17) is 11.6 Å². The van der Waals surface area contributed by atoms with Gasteiger partial charge in [-0.3, -0.25) is 0 Å². The van der Waals surface area contributed by atoms with Gasteiger partial charge in [-0.15, -0.1) is 12.4 Å². The van der Waals surface area contributed by atoms with Crippen molar-refractivity contribution in [3.63, 3.8) is 0 Å². The van der Waals surface area contributed by atoms with Crippen molar-refractivity contribution in [1.29, 1.82) is 0 Å². The van der Waals surface area contributed by atoms with Crippen LogP contribution in [0.3, 0.4) is 0 Å². The van der Waals surface area contributed by atoms with Crippen LogP contribution in [-0.4, -0.2) is 17.0 Å². The fourth-order valence-electron chi connectivity index (χ4n) is 1.36. The number of aromatic nitrogens is 2. The van der Waals surface area contributed by atoms with Gasteiger partial charge in [-0.2, -0.15) is 0 Å². The summed E-state index contributed by atoms with van der Waals surface area (Å²) in [6.45, 7) is 0.811. The van der Waals surface area contributed by atoms with Gasteiger partial charge in [0.1, 0.15) is 0 Å². The second-order valence-corrected chi connectivity index (χ2v) is 3.25. The first-order valence-electron chi connectivity index (χ1n) is 4.08. The van der Waals surface area contributed by atoms with E-state index in [1.807, 2.05) is 13.1 Å². The van der Waals surface area contributed by atoms with Crippen LogP contribution in [0.5, 0.6) is 0 Å². The highest BCUT2D eigenvalue weighted by molar-refractivity contribution is 6.33. The van der Waals surface area contributed by atoms with Gasteiger partial charge in [0, 0.05) is 23.8 Å². The van der Waals surface area contributed by atoms with Gasteiger partial charge in [0.05, 0.1) is 5.52 Å². The molecule has 0 spiro atoms. The third kappa shape index (κ3) is 2.00. The number of hydrogen-bond acceptors (Lipinski definition) is 2. The first kappa shape index (κ1) is 11.3. The van der Waals surface area contributed by atoms with Crippen LogP contribution in [0.1, 0.15) is 5.69 Å². The normalized spacial score (nSPS) is 10.1. The second-order valence-electron chi connectivity index (χ2n) is 2.89. The quantitative estimate of drug-likeness (QED) is 0.780. The Morgan fingerprint density at radius 3 is 3.00 bits per heavy atom. The summed E-state index contributed by atoms with van der Waals surface area (Å²) in [5.74, 6) is 0. The molecule has 0 bridgehead atoms. The summed E-state index contributed by atoms with van der Waals surface area (Å²) in [7, 11) is 1.91. The van der Waals surface area contributed by atoms with E-state index in [0.717, 1.165) is 23.1 Å². The van der Waals surface area contributed by atoms with Crippen LogP contribution in [0.15, 0.2) is 18.3 Å². The Labute approximate surface area is 93.3 Å². The molecule has 0 aliphatic rings. The minimum absolute atomic E-state index is 0. The Kier molecular flexibility index (Phi) is 3.75. The summed E-state index contributed by atoms with van der Waals surface area (Å²) in [5, 5.41) is 4.70. The van der Waals surface area contributed by atoms with Gasteiger partial charge in [0.25, 0.3) is 0 Å². The summed E-state index contributed by atoms with van der Waals surface area (Å²) in [5.41, 5.74) is 2.03. The number of rotatable bonds is 2. The van der Waals surface area contributed by atoms with E-state index >= 15 is 0 Å². The summed E-state index contributed by atoms with van der Waals surface area (Å²) in [4.78, 5) is 7.20. The summed E-state index contributed by atoms with van der Waals surface area (Å²) in [6.07, 6.45) is 1.71. The zero-order valence-corrected chi connectivity index (χ0v) is 9.25. The van der Waals surface area contributed by atoms with Crippen LogP contribution in [0.2, 0.25) is 5.15 Å². The molecule has 2 aromatic rings. The molecule has 76 valence electrons. The SMILES string of the molecule is CNCc1cc2ccnc(Cl)c2[nH]1.Cl. The number of aromatic amines is 1. The standard InChI is InChI=1S/C9H10ClN3.ClH/c1-11-5-7-4-6-2-3-12-9(10)8(6)13-7;/h2-4,11,13H,5H2,1H3;1H. The number of fused-ring (bicyclic) bond motifs is 1. The largest absolute Gasteiger partial charge is 0.355 e. The van der Waals surface area contributed by atoms with Gasteiger partial charge in [-0.25, -0.2) is 4.98 Å². The lowest BCUT2D eigenvalue weighted by molar-refractivity contribution is 0.799. The van der Waals surface area contributed by atoms with Crippen molar-refractivity contribution in [2.24, 2.45) is 0 Å². The Morgan fingerprint density at radius 2 is 2.36 bits per heavy atom. The van der Waals surface area contributed by atoms with Crippen LogP contribution < -0.4 is 5.32 Å². The zero-order chi connectivity index (χ0) is 9.26. The maximum atomic E-state index is 5.91. The number of H-pyrrole nitrogens is 1. The summed E-state index contributed by atoms with van der Waals surface area (Å²) in [6, 6.07) is 4.01. The lowest BCUT2D eigenvalue weighted by atomic mass is 10.3. The van der Waals surface area contributed by atoms with E-state index in [2.05, 4.69) is 21.4 Å². The fourth-order valence-corrected chi connectivity index (χ4v) is 1.58. The van der Waals surface area contributed by atoms with Crippen molar-refractivity contribution in [2.75, 3.05) is 7.05 Å². The molecule has 0 aliphatic carbocycles. The molecule has 0 atom stereocenters. The molecule has 0 fully saturated rings. The Balaban J connectivity index is 0.000000980. The first-order chi connectivity index (χ1) is 6.31. The van der Waals surface area contributed by atoms with E-state index in [0.29, 0.717) is 5.15 Å². The minimum Gasteiger partial charge on any atom is -0.355 e. The predicted molar refractivity (Wildman–Crippen MR) is 61.1 cm³/mol. The zero-order valence-electron chi connectivity index (χ0n) is 7.67. The lowest BCUT2D eigenvalue weighted by Crippen LogP contribution is -2.04. The number of nitrogens with one attached hydrogen (secondary N) is 2. The van der Waals surface area contributed by atoms with Crippen LogP contribution in [0, 0.1) is 0 Å². The molecule has 0 saturated heterocycles. The van der Waals surface area contributed by atoms with Crippen LogP contribution in [-0.2, 0) is 6.54 Å². The molecular weight excluding hydrogens is 221 g/mol. The van der Waals surface area contributed by atoms with Crippen molar-refractivity contribution in [3.8, 4) is 0 Å². The Bertz CT molecular complexity index is 425. The average Bonchev–Trinajstić information content (AvgIpc) is 2.49. The molecule has 0 unspecified atom stereocenters. The van der Waals surface area contributed by atoms with Gasteiger partial charge in [-0.05, 0) is 19.2 Å². The van der Waals surface area contributed by atoms with Crippen molar-refractivity contribution in [2.45, 2.75) is 6.54 Å². The molecule has 5 heteroatoms. The van der Waals surface area contributed by atoms with Crippen molar-refractivity contribution in [3.05, 3.63) is 29.2 Å². The van der Waals surface area contributed by atoms with Gasteiger partial charge < -0.3 is 10.3 Å². The van der Waals surface area contributed by atoms with Crippen LogP contribution >= 0.6 is 24.0 Å². The second kappa shape index (κ2) is 4.64. The number of nitrogens with zero attached hydrogens (tertiary/aromatic N) is 1. The van der Waals surface area contributed by atoms with E-state index in [-0.39, 0.29) is 12.4 Å². The van der Waals surface area contributed by atoms with Crippen LogP contribution in [0.25, 0.3) is 10.9 Å². The molecule has 2 heterocycles. The highest BCUT2D eigenvalue weighted by Gasteiger charge is 2.03. The topological polar surface area (TPSA) is 40.7 Å². The lowest BCUT2D eigenvalue weighted by Gasteiger charge is -1.92. The fraction of sp³-hybridized carbons (Fsp3) is 0.222. The predicted octanol–water partition coefficient (Wildman–Crippen LogP) is 2.36. The summed E-state index contributed by atoms with van der Waals surface area (Å²) < 4.78 is 0. The molecule has 0 saturated carbocycles. The molecule has 2 rings (SSSR count). The van der Waals surface area contributed by atoms with E-state index in [9.17, 15) is 0 Å². The van der Waals surface area contributed by atoms with Crippen molar-refractivity contribution in [1.82, 2.24) is 15.3 Å². The third-order valence-corrected chi connectivity index (χ3v) is 2.21. The van der Waals surface area contributed by atoms with Gasteiger partial charge in [-0.1, -0.05) is 11.6 Å². The molecule has 0 radical (unpaired) electrons. The van der Waals surface area contributed by atoms with Crippen LogP contribution in [0.4, 0.5) is 0 Å². The van der Waals surface area contributed by atoms with E-state index in [1.165, 1.54) is 0 Å². The summed E-state index contributed by atoms with van der Waals surface area (Å²) >= 11 is 5.91. The number of hydrogen-bond donors (Lipinski definition) is 2. The minimum atomic E-state index is 0. The molecular formula is C9H11Cl2N3. The van der Waals surface area contributed by atoms with E-state index in [1.54, 1.807) is 6.20 Å². The molecule has 3 nitrogen and oxygen atoms in total. The molecule has 2 N–H and O–H groups in total. The smallest absolute Gasteiger partial charge is 0.153 e. The molecule has 0 aliphatic heterocycles. The molecule has 0 aromatic carbocycles. The van der Waals surface area contributed by atoms with Crippen molar-refractivity contribution >= 4 is 34.9 Å². The van der Waals surface area contributed by atoms with Gasteiger partial charge >= 0.3 is 0 Å². The highest BCUT2D eigenvalue weighted by Crippen LogP contribution is 2.20. The maximum Gasteiger partial charge on any atom is 0.153 e. The average molecular weight is 232 g/mol. The van der Waals surface area contributed by atoms with Gasteiger partial charge in [0.2, 0.25) is 0 Å². The monoisotopic (exact) mass is 231 g/mol. The molecule has 2 aromatic heterocycles. The molecule has 0 amide bonds. The number of halogens is 2. The third-order valence-electron chi connectivity index (χ3n) is 1.92. The Morgan fingerprint density at radius 1 is 1.57 bits per heavy atom. The Hall–Kier alpha value is -0.770. The maximum absolute atomic E-state index is 5.91. The first-order valence-corrected chi connectivity index (χ1v) is 4.46.